The molecule has 0 atom stereocenters. The van der Waals surface area contributed by atoms with Crippen LogP contribution < -0.4 is 15.6 Å². The lowest BCUT2D eigenvalue weighted by atomic mass is 10.1. The Labute approximate surface area is 143 Å². The number of nitrogens with one attached hydrogen (secondary N) is 1. The summed E-state index contributed by atoms with van der Waals surface area (Å²) < 4.78 is 6.47. The number of rotatable bonds is 4. The molecule has 0 aliphatic heterocycles. The van der Waals surface area contributed by atoms with Crippen molar-refractivity contribution in [3.63, 3.8) is 0 Å². The van der Waals surface area contributed by atoms with Crippen molar-refractivity contribution in [3.05, 3.63) is 76.7 Å². The minimum Gasteiger partial charge on any atom is -0.495 e. The van der Waals surface area contributed by atoms with Gasteiger partial charge in [0.25, 0.3) is 11.5 Å². The lowest BCUT2D eigenvalue weighted by Gasteiger charge is -2.11. The van der Waals surface area contributed by atoms with Crippen LogP contribution in [0.25, 0.3) is 5.69 Å². The number of ether oxygens (including phenoxy) is 1. The van der Waals surface area contributed by atoms with E-state index in [9.17, 15) is 9.59 Å². The van der Waals surface area contributed by atoms with Gasteiger partial charge in [0.2, 0.25) is 0 Å². The van der Waals surface area contributed by atoms with Gasteiger partial charge in [0, 0.05) is 18.5 Å². The molecule has 0 aromatic carbocycles. The Hall–Kier alpha value is -3.48. The van der Waals surface area contributed by atoms with Crippen molar-refractivity contribution in [2.45, 2.75) is 6.92 Å². The number of methoxy groups -OCH3 is 1. The van der Waals surface area contributed by atoms with Gasteiger partial charge in [-0.1, -0.05) is 0 Å². The molecule has 3 rings (SSSR count). The number of anilines is 1. The average Bonchev–Trinajstić information content (AvgIpc) is 2.62. The van der Waals surface area contributed by atoms with Crippen molar-refractivity contribution < 1.29 is 9.53 Å². The third kappa shape index (κ3) is 3.40. The number of amides is 1. The Morgan fingerprint density at radius 1 is 1.20 bits per heavy atom. The van der Waals surface area contributed by atoms with Crippen LogP contribution in [-0.2, 0) is 0 Å². The minimum atomic E-state index is -0.504. The molecule has 0 saturated heterocycles. The Kier molecular flexibility index (Phi) is 4.56. The fourth-order valence-electron chi connectivity index (χ4n) is 2.39. The lowest BCUT2D eigenvalue weighted by molar-refractivity contribution is 0.102. The van der Waals surface area contributed by atoms with Crippen LogP contribution >= 0.6 is 0 Å². The first kappa shape index (κ1) is 16.4. The molecule has 0 spiro atoms. The largest absolute Gasteiger partial charge is 0.495 e. The van der Waals surface area contributed by atoms with Crippen molar-refractivity contribution in [1.82, 2.24) is 14.5 Å². The minimum absolute atomic E-state index is 0.0640. The molecule has 1 amide bonds. The van der Waals surface area contributed by atoms with Crippen LogP contribution in [0.15, 0.2) is 60.0 Å². The highest BCUT2D eigenvalue weighted by molar-refractivity contribution is 6.05. The Morgan fingerprint density at radius 2 is 2.04 bits per heavy atom. The first-order valence-corrected chi connectivity index (χ1v) is 7.53. The summed E-state index contributed by atoms with van der Waals surface area (Å²) in [5.41, 5.74) is 1.26. The van der Waals surface area contributed by atoms with Gasteiger partial charge in [0.05, 0.1) is 37.1 Å². The van der Waals surface area contributed by atoms with E-state index < -0.39 is 11.5 Å². The number of hydrogen-bond donors (Lipinski definition) is 1. The molecule has 0 radical (unpaired) electrons. The Morgan fingerprint density at radius 3 is 2.76 bits per heavy atom. The zero-order valence-electron chi connectivity index (χ0n) is 13.8. The molecule has 0 saturated carbocycles. The van der Waals surface area contributed by atoms with Crippen LogP contribution in [-0.4, -0.2) is 27.6 Å². The lowest BCUT2D eigenvalue weighted by Crippen LogP contribution is -2.29. The molecule has 3 aromatic heterocycles. The van der Waals surface area contributed by atoms with E-state index in [1.807, 2.05) is 0 Å². The molecule has 7 nitrogen and oxygen atoms in total. The maximum atomic E-state index is 12.8. The third-order valence-corrected chi connectivity index (χ3v) is 3.66. The molecule has 0 aliphatic rings. The summed E-state index contributed by atoms with van der Waals surface area (Å²) in [4.78, 5) is 33.4. The van der Waals surface area contributed by atoms with Gasteiger partial charge < -0.3 is 10.1 Å². The van der Waals surface area contributed by atoms with Gasteiger partial charge in [-0.3, -0.25) is 24.1 Å². The SMILES string of the molecule is COc1cncc(NC(=O)c2c(C)ccn(-c3cccnc3)c2=O)c1. The highest BCUT2D eigenvalue weighted by atomic mass is 16.5. The summed E-state index contributed by atoms with van der Waals surface area (Å²) in [6, 6.07) is 6.82. The standard InChI is InChI=1S/C18H16N4O3/c1-12-5-7-22(14-4-3-6-19-10-14)18(24)16(12)17(23)21-13-8-15(25-2)11-20-9-13/h3-11H,1-2H3,(H,21,23). The molecule has 25 heavy (non-hydrogen) atoms. The second-order valence-electron chi connectivity index (χ2n) is 5.33. The number of pyridine rings is 3. The van der Waals surface area contributed by atoms with E-state index in [-0.39, 0.29) is 5.56 Å². The number of aryl methyl sites for hydroxylation is 1. The van der Waals surface area contributed by atoms with E-state index in [0.29, 0.717) is 22.7 Å². The fourth-order valence-corrected chi connectivity index (χ4v) is 2.39. The normalized spacial score (nSPS) is 10.3. The van der Waals surface area contributed by atoms with E-state index in [4.69, 9.17) is 4.74 Å². The average molecular weight is 336 g/mol. The highest BCUT2D eigenvalue weighted by Crippen LogP contribution is 2.16. The maximum Gasteiger partial charge on any atom is 0.268 e. The summed E-state index contributed by atoms with van der Waals surface area (Å²) >= 11 is 0. The molecule has 126 valence electrons. The molecule has 3 aromatic rings. The second-order valence-corrected chi connectivity index (χ2v) is 5.33. The van der Waals surface area contributed by atoms with E-state index in [1.54, 1.807) is 49.8 Å². The molecule has 0 aliphatic carbocycles. The summed E-state index contributed by atoms with van der Waals surface area (Å²) in [5, 5.41) is 2.68. The van der Waals surface area contributed by atoms with E-state index in [1.165, 1.54) is 24.1 Å². The van der Waals surface area contributed by atoms with Crippen LogP contribution in [0.1, 0.15) is 15.9 Å². The molecule has 0 unspecified atom stereocenters. The number of nitrogens with zero attached hydrogens (tertiary/aromatic N) is 3. The predicted molar refractivity (Wildman–Crippen MR) is 93.3 cm³/mol. The second kappa shape index (κ2) is 6.96. The molecule has 0 fully saturated rings. The van der Waals surface area contributed by atoms with E-state index in [0.717, 1.165) is 0 Å². The van der Waals surface area contributed by atoms with Crippen molar-refractivity contribution in [3.8, 4) is 11.4 Å². The van der Waals surface area contributed by atoms with Crippen LogP contribution in [0.4, 0.5) is 5.69 Å². The zero-order valence-corrected chi connectivity index (χ0v) is 13.8. The molecule has 7 heteroatoms. The van der Waals surface area contributed by atoms with Crippen molar-refractivity contribution in [1.29, 1.82) is 0 Å². The fraction of sp³-hybridized carbons (Fsp3) is 0.111. The molecule has 0 bridgehead atoms. The Balaban J connectivity index is 1.99. The number of aromatic nitrogens is 3. The van der Waals surface area contributed by atoms with Gasteiger partial charge in [0.15, 0.2) is 0 Å². The number of hydrogen-bond acceptors (Lipinski definition) is 5. The van der Waals surface area contributed by atoms with Crippen molar-refractivity contribution >= 4 is 11.6 Å². The van der Waals surface area contributed by atoms with Crippen molar-refractivity contribution in [2.24, 2.45) is 0 Å². The smallest absolute Gasteiger partial charge is 0.268 e. The van der Waals surface area contributed by atoms with Crippen LogP contribution in [0, 0.1) is 6.92 Å². The van der Waals surface area contributed by atoms with Gasteiger partial charge in [-0.2, -0.15) is 0 Å². The van der Waals surface area contributed by atoms with Crippen LogP contribution in [0.3, 0.4) is 0 Å². The predicted octanol–water partition coefficient (Wildman–Crippen LogP) is 2.20. The van der Waals surface area contributed by atoms with Crippen LogP contribution in [0.2, 0.25) is 0 Å². The summed E-state index contributed by atoms with van der Waals surface area (Å²) in [6.45, 7) is 1.72. The van der Waals surface area contributed by atoms with E-state index >= 15 is 0 Å². The van der Waals surface area contributed by atoms with Gasteiger partial charge >= 0.3 is 0 Å². The summed E-state index contributed by atoms with van der Waals surface area (Å²) in [6.07, 6.45) is 7.81. The molecule has 1 N–H and O–H groups in total. The zero-order chi connectivity index (χ0) is 17.8. The maximum absolute atomic E-state index is 12.8. The molecular formula is C18H16N4O3. The number of carbonyl (C=O) groups is 1. The van der Waals surface area contributed by atoms with Crippen molar-refractivity contribution in [2.75, 3.05) is 12.4 Å². The Bertz CT molecular complexity index is 968. The summed E-state index contributed by atoms with van der Waals surface area (Å²) in [7, 11) is 1.51. The topological polar surface area (TPSA) is 86.1 Å². The summed E-state index contributed by atoms with van der Waals surface area (Å²) in [5.74, 6) is 0.00569. The van der Waals surface area contributed by atoms with Gasteiger partial charge in [0.1, 0.15) is 11.3 Å². The van der Waals surface area contributed by atoms with Crippen LogP contribution in [0.5, 0.6) is 5.75 Å². The van der Waals surface area contributed by atoms with Gasteiger partial charge in [-0.25, -0.2) is 0 Å². The first-order valence-electron chi connectivity index (χ1n) is 7.53. The highest BCUT2D eigenvalue weighted by Gasteiger charge is 2.17. The van der Waals surface area contributed by atoms with E-state index in [2.05, 4.69) is 15.3 Å². The molecule has 3 heterocycles. The molecular weight excluding hydrogens is 320 g/mol. The van der Waals surface area contributed by atoms with Gasteiger partial charge in [-0.05, 0) is 30.7 Å². The third-order valence-electron chi connectivity index (χ3n) is 3.66. The quantitative estimate of drug-likeness (QED) is 0.789. The van der Waals surface area contributed by atoms with Gasteiger partial charge in [-0.15, -0.1) is 0 Å². The first-order chi connectivity index (χ1) is 12.1. The monoisotopic (exact) mass is 336 g/mol. The number of carbonyl (C=O) groups excluding carboxylic acids is 1.